The lowest BCUT2D eigenvalue weighted by atomic mass is 9.43. The first kappa shape index (κ1) is 26.0. The highest BCUT2D eigenvalue weighted by Crippen LogP contribution is 2.72. The summed E-state index contributed by atoms with van der Waals surface area (Å²) >= 11 is 0. The molecular weight excluding hydrogens is 416 g/mol. The molecule has 4 rings (SSSR count). The minimum atomic E-state index is -0.119. The van der Waals surface area contributed by atoms with Crippen molar-refractivity contribution in [3.05, 3.63) is 23.3 Å². The zero-order valence-electron chi connectivity index (χ0n) is 23.7. The van der Waals surface area contributed by atoms with Gasteiger partial charge < -0.3 is 4.74 Å². The van der Waals surface area contributed by atoms with E-state index in [1.54, 1.807) is 6.92 Å². The summed E-state index contributed by atoms with van der Waals surface area (Å²) in [5.41, 5.74) is 4.72. The quantitative estimate of drug-likeness (QED) is 0.297. The Morgan fingerprint density at radius 2 is 1.68 bits per heavy atom. The zero-order chi connectivity index (χ0) is 25.1. The number of hydrogen-bond acceptors (Lipinski definition) is 2. The van der Waals surface area contributed by atoms with Gasteiger partial charge in [-0.3, -0.25) is 4.79 Å². The van der Waals surface area contributed by atoms with Crippen molar-refractivity contribution in [1.82, 2.24) is 0 Å². The van der Waals surface area contributed by atoms with Gasteiger partial charge in [0.25, 0.3) is 0 Å². The van der Waals surface area contributed by atoms with E-state index in [9.17, 15) is 4.79 Å². The Morgan fingerprint density at radius 1 is 0.971 bits per heavy atom. The van der Waals surface area contributed by atoms with Gasteiger partial charge in [-0.2, -0.15) is 0 Å². The Bertz CT molecular complexity index is 862. The van der Waals surface area contributed by atoms with Crippen LogP contribution in [0.3, 0.4) is 0 Å². The van der Waals surface area contributed by atoms with E-state index in [4.69, 9.17) is 4.74 Å². The minimum Gasteiger partial charge on any atom is -0.462 e. The van der Waals surface area contributed by atoms with Gasteiger partial charge in [0.1, 0.15) is 6.10 Å². The number of allylic oxidation sites excluding steroid dienone is 4. The number of carbonyl (C=O) groups is 1. The number of esters is 1. The fourth-order valence-corrected chi connectivity index (χ4v) is 9.66. The summed E-state index contributed by atoms with van der Waals surface area (Å²) in [5.74, 6) is 2.67. The average Bonchev–Trinajstić information content (AvgIpc) is 3.01. The van der Waals surface area contributed by atoms with E-state index in [0.29, 0.717) is 22.7 Å². The number of hydrogen-bond donors (Lipinski definition) is 0. The van der Waals surface area contributed by atoms with Gasteiger partial charge in [-0.15, -0.1) is 0 Å². The molecule has 0 bridgehead atoms. The molecule has 7 atom stereocenters. The molecule has 0 heterocycles. The second kappa shape index (κ2) is 8.81. The summed E-state index contributed by atoms with van der Waals surface area (Å²) in [7, 11) is 0. The molecule has 4 aliphatic rings. The van der Waals surface area contributed by atoms with Crippen molar-refractivity contribution in [2.75, 3.05) is 0 Å². The summed E-state index contributed by atoms with van der Waals surface area (Å²) in [6.45, 7) is 21.3. The van der Waals surface area contributed by atoms with Crippen molar-refractivity contribution >= 4 is 5.97 Å². The highest BCUT2D eigenvalue weighted by atomic mass is 16.5. The summed E-state index contributed by atoms with van der Waals surface area (Å²) in [4.78, 5) is 11.8. The van der Waals surface area contributed by atoms with E-state index in [0.717, 1.165) is 18.3 Å². The van der Waals surface area contributed by atoms with E-state index in [1.165, 1.54) is 51.4 Å². The SMILES string of the molecule is CC(=O)O[C@H]1CC[C@]2(C)C3=C(CC[C@@H]2C1(C)C)[C@@]1(C)CC[C@@H]([C@@H](C)/C=C\CC(C)C)[C@]1(C)CC3. The van der Waals surface area contributed by atoms with Crippen molar-refractivity contribution in [3.63, 3.8) is 0 Å². The van der Waals surface area contributed by atoms with Crippen molar-refractivity contribution in [2.45, 2.75) is 126 Å². The number of carbonyl (C=O) groups excluding carboxylic acids is 1. The van der Waals surface area contributed by atoms with Crippen molar-refractivity contribution < 1.29 is 9.53 Å². The van der Waals surface area contributed by atoms with Crippen molar-refractivity contribution in [2.24, 2.45) is 45.3 Å². The molecular formula is C32H52O2. The molecule has 2 fully saturated rings. The molecule has 192 valence electrons. The first-order valence-electron chi connectivity index (χ1n) is 14.3. The molecule has 0 unspecified atom stereocenters. The predicted octanol–water partition coefficient (Wildman–Crippen LogP) is 8.91. The van der Waals surface area contributed by atoms with E-state index >= 15 is 0 Å². The molecule has 2 nitrogen and oxygen atoms in total. The smallest absolute Gasteiger partial charge is 0.302 e. The molecule has 0 aliphatic heterocycles. The Kier molecular flexibility index (Phi) is 6.74. The highest BCUT2D eigenvalue weighted by Gasteiger charge is 2.63. The van der Waals surface area contributed by atoms with Crippen LogP contribution >= 0.6 is 0 Å². The van der Waals surface area contributed by atoms with Crippen LogP contribution in [-0.2, 0) is 9.53 Å². The van der Waals surface area contributed by atoms with Gasteiger partial charge in [-0.1, -0.05) is 78.7 Å². The van der Waals surface area contributed by atoms with Gasteiger partial charge in [-0.25, -0.2) is 0 Å². The molecule has 0 aromatic heterocycles. The molecule has 0 amide bonds. The van der Waals surface area contributed by atoms with Crippen LogP contribution in [0.5, 0.6) is 0 Å². The fraction of sp³-hybridized carbons (Fsp3) is 0.844. The van der Waals surface area contributed by atoms with Crippen molar-refractivity contribution in [3.8, 4) is 0 Å². The fourth-order valence-electron chi connectivity index (χ4n) is 9.66. The van der Waals surface area contributed by atoms with Gasteiger partial charge in [0.05, 0.1) is 0 Å². The van der Waals surface area contributed by atoms with Crippen molar-refractivity contribution in [1.29, 1.82) is 0 Å². The maximum absolute atomic E-state index is 11.8. The first-order chi connectivity index (χ1) is 15.8. The molecule has 0 spiro atoms. The Balaban J connectivity index is 1.64. The second-order valence-corrected chi connectivity index (χ2v) is 14.2. The molecule has 2 saturated carbocycles. The highest BCUT2D eigenvalue weighted by molar-refractivity contribution is 5.66. The van der Waals surface area contributed by atoms with Crippen LogP contribution in [0.1, 0.15) is 120 Å². The summed E-state index contributed by atoms with van der Waals surface area (Å²) in [6.07, 6.45) is 16.3. The predicted molar refractivity (Wildman–Crippen MR) is 142 cm³/mol. The molecule has 0 N–H and O–H groups in total. The topological polar surface area (TPSA) is 26.3 Å². The first-order valence-corrected chi connectivity index (χ1v) is 14.3. The molecule has 0 aromatic carbocycles. The number of rotatable bonds is 5. The van der Waals surface area contributed by atoms with E-state index in [1.807, 2.05) is 11.1 Å². The Hall–Kier alpha value is -1.05. The molecule has 2 heteroatoms. The van der Waals surface area contributed by atoms with Gasteiger partial charge in [0, 0.05) is 12.3 Å². The lowest BCUT2D eigenvalue weighted by molar-refractivity contribution is -0.167. The third kappa shape index (κ3) is 3.85. The summed E-state index contributed by atoms with van der Waals surface area (Å²) in [6, 6.07) is 0. The monoisotopic (exact) mass is 468 g/mol. The normalized spacial score (nSPS) is 42.4. The van der Waals surface area contributed by atoms with Gasteiger partial charge in [0.15, 0.2) is 0 Å². The van der Waals surface area contributed by atoms with Crippen LogP contribution in [0.2, 0.25) is 0 Å². The average molecular weight is 469 g/mol. The molecule has 0 radical (unpaired) electrons. The van der Waals surface area contributed by atoms with Crippen LogP contribution in [0.25, 0.3) is 0 Å². The molecule has 4 aliphatic carbocycles. The van der Waals surface area contributed by atoms with Crippen LogP contribution < -0.4 is 0 Å². The second-order valence-electron chi connectivity index (χ2n) is 14.2. The van der Waals surface area contributed by atoms with Gasteiger partial charge in [-0.05, 0) is 97.7 Å². The Labute approximate surface area is 210 Å². The molecule has 34 heavy (non-hydrogen) atoms. The number of ether oxygens (including phenoxy) is 1. The van der Waals surface area contributed by atoms with E-state index in [-0.39, 0.29) is 22.9 Å². The van der Waals surface area contributed by atoms with Crippen LogP contribution in [-0.4, -0.2) is 12.1 Å². The number of fused-ring (bicyclic) bond motifs is 4. The molecule has 0 aromatic rings. The third-order valence-corrected chi connectivity index (χ3v) is 11.7. The van der Waals surface area contributed by atoms with Crippen LogP contribution in [0.4, 0.5) is 0 Å². The summed E-state index contributed by atoms with van der Waals surface area (Å²) < 4.78 is 5.87. The lowest BCUT2D eigenvalue weighted by Crippen LogP contribution is -2.55. The Morgan fingerprint density at radius 3 is 2.32 bits per heavy atom. The summed E-state index contributed by atoms with van der Waals surface area (Å²) in [5, 5.41) is 0. The van der Waals surface area contributed by atoms with Gasteiger partial charge >= 0.3 is 5.97 Å². The molecule has 0 saturated heterocycles. The van der Waals surface area contributed by atoms with Crippen LogP contribution in [0.15, 0.2) is 23.3 Å². The van der Waals surface area contributed by atoms with Gasteiger partial charge in [0.2, 0.25) is 0 Å². The maximum atomic E-state index is 11.8. The zero-order valence-corrected chi connectivity index (χ0v) is 23.7. The lowest BCUT2D eigenvalue weighted by Gasteiger charge is -2.62. The standard InChI is InChI=1S/C32H52O2/c1-21(2)11-10-12-22(3)24-15-19-32(9)26-13-14-27-29(5,6)28(34-23(4)33)17-18-30(27,7)25(26)16-20-31(24,32)8/h10,12,21-22,24,27-28H,11,13-20H2,1-9H3/b12-10-/t22-,24-,27+,28-,30+,31-,32+/m0/s1. The minimum absolute atomic E-state index is 0.0345. The maximum Gasteiger partial charge on any atom is 0.302 e. The van der Waals surface area contributed by atoms with Crippen LogP contribution in [0, 0.1) is 45.3 Å². The van der Waals surface area contributed by atoms with E-state index in [2.05, 4.69) is 67.5 Å². The third-order valence-electron chi connectivity index (χ3n) is 11.7. The largest absolute Gasteiger partial charge is 0.462 e. The van der Waals surface area contributed by atoms with E-state index < -0.39 is 0 Å².